The van der Waals surface area contributed by atoms with E-state index in [4.69, 9.17) is 19.0 Å². The molecule has 2 saturated heterocycles. The number of ketones is 1. The molecule has 3 N–H and O–H groups in total. The molecule has 0 saturated carbocycles. The summed E-state index contributed by atoms with van der Waals surface area (Å²) in [5.74, 6) is 1.03. The lowest BCUT2D eigenvalue weighted by molar-refractivity contribution is -0.188. The number of nitrogens with zero attached hydrogens (tertiary/aromatic N) is 4. The number of alkyl carbamates (subject to hydrolysis) is 1. The van der Waals surface area contributed by atoms with Crippen LogP contribution in [0.2, 0.25) is 0 Å². The van der Waals surface area contributed by atoms with Gasteiger partial charge >= 0.3 is 6.09 Å². The minimum Gasteiger partial charge on any atom is -0.453 e. The number of aliphatic imine (C=N–C) groups is 1. The van der Waals surface area contributed by atoms with E-state index in [1.54, 1.807) is 11.1 Å². The van der Waals surface area contributed by atoms with Crippen LogP contribution in [0, 0.1) is 5.92 Å². The van der Waals surface area contributed by atoms with E-state index in [2.05, 4.69) is 54.7 Å². The third-order valence-corrected chi connectivity index (χ3v) is 11.3. The largest absolute Gasteiger partial charge is 0.453 e. The molecule has 64 heavy (non-hydrogen) atoms. The number of carbonyl (C=O) groups excluding carboxylic acids is 3. The van der Waals surface area contributed by atoms with Gasteiger partial charge in [-0.25, -0.2) is 19.8 Å². The molecule has 2 fully saturated rings. The third-order valence-electron chi connectivity index (χ3n) is 11.3. The zero-order valence-corrected chi connectivity index (χ0v) is 36.5. The number of hydrogen-bond donors (Lipinski definition) is 3. The van der Waals surface area contributed by atoms with Crippen molar-refractivity contribution in [2.75, 3.05) is 33.9 Å². The van der Waals surface area contributed by atoms with Crippen LogP contribution in [0.15, 0.2) is 119 Å². The number of methoxy groups -OCH3 is 1. The van der Waals surface area contributed by atoms with E-state index in [1.807, 2.05) is 78.9 Å². The number of hydrogen-bond acceptors (Lipinski definition) is 11. The molecule has 14 nitrogen and oxygen atoms in total. The van der Waals surface area contributed by atoms with Crippen molar-refractivity contribution in [3.63, 3.8) is 0 Å². The summed E-state index contributed by atoms with van der Waals surface area (Å²) >= 11 is 0. The first-order chi connectivity index (χ1) is 29.4. The van der Waals surface area contributed by atoms with Crippen LogP contribution >= 0.6 is 27.0 Å². The van der Waals surface area contributed by atoms with Crippen molar-refractivity contribution in [3.8, 4) is 11.3 Å². The minimum absolute atomic E-state index is 0. The molecule has 2 amide bonds. The number of aromatic amines is 1. The standard InChI is InChI=1S/C46H47N7O7.2CH4.2H2S/c1-57-46(56)52-40(32-10-5-3-6-11-32)42(54)34-25-47-26-35(34)43-50-36-22-19-30(24-37(36)51-43)16-15-29-17-20-31(21-18-29)39-27-48-44(60-39)38-14-9-23-53(38)45(55)41(49-28-59-58-2)33-12-7-4-8-13-33;;;;/h3-8,10-13,17-22,24,27-28,34-35,38,40-41,47H,9,14-16,23,25-26H2,1-2H3,(H,50,51)(H,52,56);2*1H4;2*1H2/t34?,35-,38+,40-,41-;;;;/m1..../s1. The second-order valence-electron chi connectivity index (χ2n) is 15.0. The first kappa shape index (κ1) is 50.7. The van der Waals surface area contributed by atoms with E-state index >= 15 is 0 Å². The fourth-order valence-corrected chi connectivity index (χ4v) is 8.23. The van der Waals surface area contributed by atoms with Crippen molar-refractivity contribution in [1.82, 2.24) is 30.5 Å². The Hall–Kier alpha value is -5.94. The van der Waals surface area contributed by atoms with Crippen molar-refractivity contribution in [1.29, 1.82) is 0 Å². The smallest absolute Gasteiger partial charge is 0.407 e. The van der Waals surface area contributed by atoms with Crippen LogP contribution in [0.25, 0.3) is 22.4 Å². The normalized spacial score (nSPS) is 17.6. The molecule has 5 atom stereocenters. The van der Waals surface area contributed by atoms with Gasteiger partial charge in [0.05, 0.1) is 31.4 Å². The van der Waals surface area contributed by atoms with Crippen LogP contribution in [0.1, 0.15) is 85.7 Å². The number of nitrogens with one attached hydrogen (secondary N) is 3. The van der Waals surface area contributed by atoms with Crippen LogP contribution in [0.5, 0.6) is 0 Å². The second kappa shape index (κ2) is 23.7. The fraction of sp³-hybridized carbons (Fsp3) is 0.333. The van der Waals surface area contributed by atoms with Crippen LogP contribution in [0.4, 0.5) is 4.79 Å². The number of H-pyrrole nitrogens is 1. The summed E-state index contributed by atoms with van der Waals surface area (Å²) in [6, 6.07) is 31.2. The highest BCUT2D eigenvalue weighted by Crippen LogP contribution is 2.37. The van der Waals surface area contributed by atoms with Gasteiger partial charge in [0.15, 0.2) is 17.6 Å². The number of fused-ring (bicyclic) bond motifs is 1. The van der Waals surface area contributed by atoms with E-state index in [-0.39, 0.29) is 65.5 Å². The third kappa shape index (κ3) is 11.4. The van der Waals surface area contributed by atoms with Crippen molar-refractivity contribution >= 4 is 62.2 Å². The Balaban J connectivity index is 0.00000224. The number of benzene rings is 4. The summed E-state index contributed by atoms with van der Waals surface area (Å²) in [6.45, 7) is 1.64. The topological polar surface area (TPSA) is 173 Å². The van der Waals surface area contributed by atoms with Gasteiger partial charge in [0.25, 0.3) is 5.91 Å². The predicted molar refractivity (Wildman–Crippen MR) is 258 cm³/mol. The average molecular weight is 910 g/mol. The van der Waals surface area contributed by atoms with Gasteiger partial charge in [-0.3, -0.25) is 9.59 Å². The zero-order valence-electron chi connectivity index (χ0n) is 34.5. The number of amides is 2. The van der Waals surface area contributed by atoms with Crippen LogP contribution in [-0.2, 0) is 36.9 Å². The van der Waals surface area contributed by atoms with Crippen molar-refractivity contribution in [2.24, 2.45) is 10.9 Å². The number of ether oxygens (including phenoxy) is 1. The predicted octanol–water partition coefficient (Wildman–Crippen LogP) is 8.48. The van der Waals surface area contributed by atoms with E-state index in [0.717, 1.165) is 65.6 Å². The van der Waals surface area contributed by atoms with E-state index in [1.165, 1.54) is 19.8 Å². The maximum absolute atomic E-state index is 14.0. The molecule has 0 spiro atoms. The van der Waals surface area contributed by atoms with Gasteiger partial charge in [-0.15, -0.1) is 0 Å². The van der Waals surface area contributed by atoms with Crippen molar-refractivity contribution in [3.05, 3.63) is 143 Å². The molecule has 8 rings (SSSR count). The Morgan fingerprint density at radius 3 is 2.30 bits per heavy atom. The molecule has 0 radical (unpaired) electrons. The van der Waals surface area contributed by atoms with Gasteiger partial charge in [0, 0.05) is 37.0 Å². The number of Topliss-reactive ketones (excluding diaryl/α,β-unsaturated/α-hetero) is 1. The summed E-state index contributed by atoms with van der Waals surface area (Å²) in [6.07, 6.45) is 5.41. The summed E-state index contributed by atoms with van der Waals surface area (Å²) in [5.41, 5.74) is 6.43. The lowest BCUT2D eigenvalue weighted by Crippen LogP contribution is -2.38. The number of rotatable bonds is 15. The number of aryl methyl sites for hydroxylation is 2. The fourth-order valence-electron chi connectivity index (χ4n) is 8.23. The van der Waals surface area contributed by atoms with E-state index in [0.29, 0.717) is 36.8 Å². The zero-order chi connectivity index (χ0) is 41.4. The average Bonchev–Trinajstić information content (AvgIpc) is 4.13. The molecule has 2 aliphatic heterocycles. The Morgan fingerprint density at radius 2 is 1.59 bits per heavy atom. The maximum Gasteiger partial charge on any atom is 0.407 e. The van der Waals surface area contributed by atoms with Gasteiger partial charge < -0.3 is 34.6 Å². The highest BCUT2D eigenvalue weighted by molar-refractivity contribution is 7.59. The van der Waals surface area contributed by atoms with Crippen LogP contribution in [0.3, 0.4) is 0 Å². The monoisotopic (exact) mass is 909 g/mol. The maximum atomic E-state index is 14.0. The lowest BCUT2D eigenvalue weighted by atomic mass is 9.85. The lowest BCUT2D eigenvalue weighted by Gasteiger charge is -2.25. The molecule has 2 aromatic heterocycles. The number of carbonyl (C=O) groups is 3. The SMILES string of the molecule is C.C.COOC=N[C@@H](C(=O)N1CCC[C@H]1c1ncc(-c2ccc(CCc3ccc4nc([C@@H]5CNCC5C(=O)[C@H](NC(=O)OC)c5ccccc5)[nH]c4c3)cc2)o1)c1ccccc1.S.S. The summed E-state index contributed by atoms with van der Waals surface area (Å²) in [5, 5.41) is 6.10. The first-order valence-electron chi connectivity index (χ1n) is 20.1. The molecule has 4 heterocycles. The molecule has 2 aliphatic rings. The molecular formula is C48H59N7O7S2. The van der Waals surface area contributed by atoms with Crippen molar-refractivity contribution < 1.29 is 33.3 Å². The number of oxazole rings is 1. The second-order valence-corrected chi connectivity index (χ2v) is 15.0. The molecule has 4 aromatic carbocycles. The summed E-state index contributed by atoms with van der Waals surface area (Å²) in [4.78, 5) is 68.8. The molecule has 0 aliphatic carbocycles. The molecule has 340 valence electrons. The van der Waals surface area contributed by atoms with Gasteiger partial charge in [0.2, 0.25) is 12.3 Å². The Labute approximate surface area is 388 Å². The quantitative estimate of drug-likeness (QED) is 0.0393. The molecule has 6 aromatic rings. The Bertz CT molecular complexity index is 2450. The van der Waals surface area contributed by atoms with Gasteiger partial charge in [0.1, 0.15) is 17.9 Å². The Kier molecular flexibility index (Phi) is 18.7. The summed E-state index contributed by atoms with van der Waals surface area (Å²) < 4.78 is 11.1. The van der Waals surface area contributed by atoms with Gasteiger partial charge in [-0.1, -0.05) is 106 Å². The van der Waals surface area contributed by atoms with Gasteiger partial charge in [-0.2, -0.15) is 31.9 Å². The molecule has 16 heteroatoms. The first-order valence-corrected chi connectivity index (χ1v) is 20.1. The highest BCUT2D eigenvalue weighted by atomic mass is 32.1. The minimum atomic E-state index is -0.841. The highest BCUT2D eigenvalue weighted by Gasteiger charge is 2.40. The molecule has 1 unspecified atom stereocenters. The number of likely N-dealkylation sites (tertiary alicyclic amines) is 1. The number of aromatic nitrogens is 3. The van der Waals surface area contributed by atoms with Crippen molar-refractivity contribution in [2.45, 2.75) is 64.6 Å². The molecule has 0 bridgehead atoms. The summed E-state index contributed by atoms with van der Waals surface area (Å²) in [7, 11) is 2.67. The van der Waals surface area contributed by atoms with E-state index < -0.39 is 24.1 Å². The van der Waals surface area contributed by atoms with E-state index in [9.17, 15) is 14.4 Å². The Morgan fingerprint density at radius 1 is 0.906 bits per heavy atom. The van der Waals surface area contributed by atoms with Crippen LogP contribution in [-0.4, -0.2) is 77.9 Å². The van der Waals surface area contributed by atoms with Gasteiger partial charge in [-0.05, 0) is 60.1 Å². The number of imidazole rings is 1. The molecular weight excluding hydrogens is 851 g/mol. The van der Waals surface area contributed by atoms with Crippen LogP contribution < -0.4 is 10.6 Å².